The molecule has 0 aromatic carbocycles. The second-order valence-electron chi connectivity index (χ2n) is 13.4. The summed E-state index contributed by atoms with van der Waals surface area (Å²) in [5.41, 5.74) is 24.0. The van der Waals surface area contributed by atoms with Gasteiger partial charge in [0.15, 0.2) is 0 Å². The molecule has 1 atom stereocenters. The molecule has 11 heteroatoms. The number of carbonyl (C=O) groups excluding carboxylic acids is 4. The molecule has 0 radical (unpaired) electrons. The topological polar surface area (TPSA) is 200 Å². The molecule has 49 heavy (non-hydrogen) atoms. The van der Waals surface area contributed by atoms with E-state index in [-0.39, 0.29) is 18.2 Å². The number of nitrogens with zero attached hydrogens (tertiary/aromatic N) is 1. The van der Waals surface area contributed by atoms with Crippen LogP contribution in [-0.2, 0) is 19.2 Å². The molecular weight excluding hydrogens is 618 g/mol. The first-order chi connectivity index (χ1) is 23.6. The number of allylic oxidation sites excluding steroid dienone is 4. The molecular formula is C38H73N7O4. The molecule has 1 unspecified atom stereocenters. The summed E-state index contributed by atoms with van der Waals surface area (Å²) >= 11 is 0. The van der Waals surface area contributed by atoms with Crippen LogP contribution in [0.3, 0.4) is 0 Å². The first-order valence-electron chi connectivity index (χ1n) is 19.3. The van der Waals surface area contributed by atoms with Crippen LogP contribution in [0.5, 0.6) is 0 Å². The van der Waals surface area contributed by atoms with E-state index in [0.717, 1.165) is 129 Å². The molecule has 0 saturated carbocycles. The number of hydrogen-bond donors (Lipinski definition) is 6. The molecule has 0 rings (SSSR count). The molecule has 0 spiro atoms. The van der Waals surface area contributed by atoms with E-state index < -0.39 is 17.9 Å². The quantitative estimate of drug-likeness (QED) is 0.0462. The van der Waals surface area contributed by atoms with E-state index in [1.54, 1.807) is 0 Å². The van der Waals surface area contributed by atoms with Gasteiger partial charge in [-0.3, -0.25) is 19.2 Å². The third-order valence-electron chi connectivity index (χ3n) is 8.77. The van der Waals surface area contributed by atoms with Gasteiger partial charge >= 0.3 is 0 Å². The van der Waals surface area contributed by atoms with Crippen LogP contribution < -0.4 is 33.6 Å². The molecule has 0 aliphatic rings. The average Bonchev–Trinajstić information content (AvgIpc) is 3.04. The van der Waals surface area contributed by atoms with E-state index in [0.29, 0.717) is 25.9 Å². The summed E-state index contributed by atoms with van der Waals surface area (Å²) in [5.74, 6) is -1.55. The number of nitrogens with two attached hydrogens (primary N) is 4. The van der Waals surface area contributed by atoms with Crippen molar-refractivity contribution in [3.63, 3.8) is 0 Å². The standard InChI is InChI=1S/C38H73N7O4/c1-3-5-21-32(22-17-13-9-7-11-15-19-25-35(39)46)43-27-29-45(30-28-44-34(38(42)49)31-37(41)48)33(23-6-4-2)24-18-14-10-8-12-16-20-26-36(40)47/h22,24,34,43-44H,3-21,23,25-31H2,1-2H3,(H2,39,46)(H2,40,47)(H2,41,48)(H2,42,49). The van der Waals surface area contributed by atoms with Gasteiger partial charge in [-0.15, -0.1) is 0 Å². The zero-order valence-electron chi connectivity index (χ0n) is 31.2. The van der Waals surface area contributed by atoms with Crippen molar-refractivity contribution < 1.29 is 19.2 Å². The Morgan fingerprint density at radius 2 is 1.06 bits per heavy atom. The van der Waals surface area contributed by atoms with Gasteiger partial charge in [-0.05, 0) is 64.2 Å². The van der Waals surface area contributed by atoms with Gasteiger partial charge in [0, 0.05) is 50.4 Å². The number of unbranched alkanes of at least 4 members (excludes halogenated alkanes) is 14. The first kappa shape index (κ1) is 45.9. The number of hydrogen-bond acceptors (Lipinski definition) is 7. The van der Waals surface area contributed by atoms with Gasteiger partial charge in [-0.2, -0.15) is 0 Å². The zero-order valence-corrected chi connectivity index (χ0v) is 31.2. The molecule has 0 aliphatic heterocycles. The van der Waals surface area contributed by atoms with Crippen LogP contribution in [0.15, 0.2) is 23.5 Å². The van der Waals surface area contributed by atoms with Gasteiger partial charge in [0.2, 0.25) is 23.6 Å². The Labute approximate surface area is 298 Å². The van der Waals surface area contributed by atoms with Crippen LogP contribution in [0.4, 0.5) is 0 Å². The van der Waals surface area contributed by atoms with Crippen LogP contribution in [0.25, 0.3) is 0 Å². The van der Waals surface area contributed by atoms with Crippen LogP contribution in [0.2, 0.25) is 0 Å². The summed E-state index contributed by atoms with van der Waals surface area (Å²) < 4.78 is 0. The van der Waals surface area contributed by atoms with Crippen molar-refractivity contribution in [3.05, 3.63) is 23.5 Å². The van der Waals surface area contributed by atoms with Crippen molar-refractivity contribution in [1.82, 2.24) is 15.5 Å². The van der Waals surface area contributed by atoms with E-state index in [1.807, 2.05) is 0 Å². The summed E-state index contributed by atoms with van der Waals surface area (Å²) in [5, 5.41) is 6.90. The van der Waals surface area contributed by atoms with Crippen molar-refractivity contribution in [1.29, 1.82) is 0 Å². The maximum Gasteiger partial charge on any atom is 0.235 e. The second-order valence-corrected chi connectivity index (χ2v) is 13.4. The highest BCUT2D eigenvalue weighted by Gasteiger charge is 2.18. The SMILES string of the molecule is CCCCC(=CCCCCCCCCC(N)=O)NCCN(CCNC(CC(N)=O)C(N)=O)C(=CCCCCCCCCC(N)=O)CCCC. The lowest BCUT2D eigenvalue weighted by Crippen LogP contribution is -2.46. The first-order valence-corrected chi connectivity index (χ1v) is 19.3. The Hall–Kier alpha value is -3.08. The minimum atomic E-state index is -0.776. The third kappa shape index (κ3) is 29.5. The Balaban J connectivity index is 5.30. The van der Waals surface area contributed by atoms with Crippen molar-refractivity contribution in [2.24, 2.45) is 22.9 Å². The zero-order chi connectivity index (χ0) is 36.5. The Kier molecular flexibility index (Phi) is 30.1. The van der Waals surface area contributed by atoms with E-state index in [4.69, 9.17) is 22.9 Å². The molecule has 0 aliphatic carbocycles. The lowest BCUT2D eigenvalue weighted by molar-refractivity contribution is -0.125. The van der Waals surface area contributed by atoms with Crippen LogP contribution >= 0.6 is 0 Å². The van der Waals surface area contributed by atoms with Gasteiger partial charge < -0.3 is 38.5 Å². The number of nitrogens with one attached hydrogen (secondary N) is 2. The molecule has 0 aromatic heterocycles. The predicted molar refractivity (Wildman–Crippen MR) is 202 cm³/mol. The van der Waals surface area contributed by atoms with Gasteiger partial charge in [0.25, 0.3) is 0 Å². The van der Waals surface area contributed by atoms with Crippen molar-refractivity contribution >= 4 is 23.6 Å². The summed E-state index contributed by atoms with van der Waals surface area (Å²) in [6.07, 6.45) is 27.3. The molecule has 0 aromatic rings. The molecule has 0 heterocycles. The highest BCUT2D eigenvalue weighted by molar-refractivity contribution is 5.86. The smallest absolute Gasteiger partial charge is 0.235 e. The van der Waals surface area contributed by atoms with Gasteiger partial charge in [0.1, 0.15) is 0 Å². The highest BCUT2D eigenvalue weighted by atomic mass is 16.2. The van der Waals surface area contributed by atoms with Crippen LogP contribution in [0, 0.1) is 0 Å². The number of primary amides is 4. The van der Waals surface area contributed by atoms with E-state index in [2.05, 4.69) is 41.5 Å². The minimum absolute atomic E-state index is 0.112. The van der Waals surface area contributed by atoms with Crippen molar-refractivity contribution in [2.45, 2.75) is 168 Å². The van der Waals surface area contributed by atoms with E-state index in [9.17, 15) is 19.2 Å². The fourth-order valence-corrected chi connectivity index (χ4v) is 5.82. The maximum absolute atomic E-state index is 11.9. The Bertz CT molecular complexity index is 954. The number of carbonyl (C=O) groups is 4. The second kappa shape index (κ2) is 32.1. The van der Waals surface area contributed by atoms with Gasteiger partial charge in [0.05, 0.1) is 12.5 Å². The molecule has 0 bridgehead atoms. The fraction of sp³-hybridized carbons (Fsp3) is 0.789. The van der Waals surface area contributed by atoms with E-state index in [1.165, 1.54) is 24.2 Å². The van der Waals surface area contributed by atoms with Gasteiger partial charge in [-0.25, -0.2) is 0 Å². The normalized spacial score (nSPS) is 12.5. The molecule has 0 fully saturated rings. The predicted octanol–water partition coefficient (Wildman–Crippen LogP) is 5.56. The Morgan fingerprint density at radius 3 is 1.57 bits per heavy atom. The third-order valence-corrected chi connectivity index (χ3v) is 8.77. The summed E-state index contributed by atoms with van der Waals surface area (Å²) in [6.45, 7) is 7.26. The number of amides is 4. The van der Waals surface area contributed by atoms with Crippen LogP contribution in [-0.4, -0.2) is 60.7 Å². The van der Waals surface area contributed by atoms with E-state index >= 15 is 0 Å². The molecule has 11 nitrogen and oxygen atoms in total. The molecule has 0 saturated heterocycles. The minimum Gasteiger partial charge on any atom is -0.387 e. The summed E-state index contributed by atoms with van der Waals surface area (Å²) in [4.78, 5) is 47.7. The summed E-state index contributed by atoms with van der Waals surface area (Å²) in [6, 6.07) is -0.776. The monoisotopic (exact) mass is 692 g/mol. The average molecular weight is 692 g/mol. The molecule has 284 valence electrons. The lowest BCUT2D eigenvalue weighted by Gasteiger charge is -2.29. The highest BCUT2D eigenvalue weighted by Crippen LogP contribution is 2.17. The van der Waals surface area contributed by atoms with Crippen LogP contribution in [0.1, 0.15) is 162 Å². The summed E-state index contributed by atoms with van der Waals surface area (Å²) in [7, 11) is 0. The molecule has 4 amide bonds. The van der Waals surface area contributed by atoms with Crippen molar-refractivity contribution in [2.75, 3.05) is 26.2 Å². The fourth-order valence-electron chi connectivity index (χ4n) is 5.82. The van der Waals surface area contributed by atoms with Crippen molar-refractivity contribution in [3.8, 4) is 0 Å². The van der Waals surface area contributed by atoms with Gasteiger partial charge in [-0.1, -0.05) is 90.2 Å². The number of rotatable bonds is 36. The largest absolute Gasteiger partial charge is 0.387 e. The molecule has 10 N–H and O–H groups in total. The lowest BCUT2D eigenvalue weighted by atomic mass is 10.1. The maximum atomic E-state index is 11.9. The Morgan fingerprint density at radius 1 is 0.571 bits per heavy atom.